The van der Waals surface area contributed by atoms with Gasteiger partial charge in [0.05, 0.1) is 5.56 Å². The lowest BCUT2D eigenvalue weighted by molar-refractivity contribution is -0.137. The van der Waals surface area contributed by atoms with Crippen LogP contribution in [0.5, 0.6) is 0 Å². The van der Waals surface area contributed by atoms with E-state index in [9.17, 15) is 18.0 Å². The average Bonchev–Trinajstić information content (AvgIpc) is 2.01. The molecule has 0 radical (unpaired) electrons. The first-order valence-corrected chi connectivity index (χ1v) is 4.12. The first kappa shape index (κ1) is 11.0. The van der Waals surface area contributed by atoms with Crippen molar-refractivity contribution in [3.8, 4) is 0 Å². The summed E-state index contributed by atoms with van der Waals surface area (Å²) in [6.45, 7) is 0. The summed E-state index contributed by atoms with van der Waals surface area (Å²) < 4.78 is 36.6. The van der Waals surface area contributed by atoms with Crippen LogP contribution in [-0.4, -0.2) is 5.24 Å². The first-order valence-electron chi connectivity index (χ1n) is 3.74. The van der Waals surface area contributed by atoms with Crippen molar-refractivity contribution in [2.75, 3.05) is 0 Å². The number of benzene rings is 1. The minimum atomic E-state index is -4.38. The molecule has 0 aliphatic rings. The Hall–Kier alpha value is -1.03. The van der Waals surface area contributed by atoms with Gasteiger partial charge in [-0.15, -0.1) is 0 Å². The number of hydrogen-bond acceptors (Lipinski definition) is 1. The smallest absolute Gasteiger partial charge is 0.281 e. The Labute approximate surface area is 83.5 Å². The molecule has 0 heterocycles. The molecule has 76 valence electrons. The van der Waals surface area contributed by atoms with E-state index in [2.05, 4.69) is 0 Å². The lowest BCUT2D eigenvalue weighted by Gasteiger charge is -2.07. The number of rotatable bonds is 2. The van der Waals surface area contributed by atoms with Gasteiger partial charge in [-0.1, -0.05) is 18.2 Å². The van der Waals surface area contributed by atoms with Gasteiger partial charge >= 0.3 is 6.18 Å². The van der Waals surface area contributed by atoms with Gasteiger partial charge in [0.25, 0.3) is 0 Å². The van der Waals surface area contributed by atoms with Gasteiger partial charge < -0.3 is 0 Å². The zero-order valence-electron chi connectivity index (χ0n) is 6.94. The SMILES string of the molecule is O=C(Cl)Cc1cccc(C(F)(F)F)c1. The molecular weight excluding hydrogens is 217 g/mol. The molecule has 1 aromatic rings. The highest BCUT2D eigenvalue weighted by molar-refractivity contribution is 6.63. The monoisotopic (exact) mass is 222 g/mol. The van der Waals surface area contributed by atoms with Gasteiger partial charge in [0.15, 0.2) is 0 Å². The van der Waals surface area contributed by atoms with Crippen LogP contribution in [-0.2, 0) is 17.4 Å². The Bertz CT molecular complexity index is 346. The van der Waals surface area contributed by atoms with Gasteiger partial charge in [-0.25, -0.2) is 0 Å². The normalized spacial score (nSPS) is 11.4. The van der Waals surface area contributed by atoms with Gasteiger partial charge in [0, 0.05) is 6.42 Å². The summed E-state index contributed by atoms with van der Waals surface area (Å²) in [5.41, 5.74) is -0.507. The number of carbonyl (C=O) groups excluding carboxylic acids is 1. The molecule has 0 saturated heterocycles. The third-order valence-electron chi connectivity index (χ3n) is 1.60. The van der Waals surface area contributed by atoms with E-state index >= 15 is 0 Å². The lowest BCUT2D eigenvalue weighted by atomic mass is 10.1. The number of halogens is 4. The molecule has 0 saturated carbocycles. The zero-order chi connectivity index (χ0) is 10.8. The van der Waals surface area contributed by atoms with E-state index in [-0.39, 0.29) is 12.0 Å². The largest absolute Gasteiger partial charge is 0.416 e. The van der Waals surface area contributed by atoms with E-state index in [1.54, 1.807) is 0 Å². The summed E-state index contributed by atoms with van der Waals surface area (Å²) in [6.07, 6.45) is -4.57. The summed E-state index contributed by atoms with van der Waals surface area (Å²) in [5, 5.41) is -0.677. The molecule has 1 aromatic carbocycles. The van der Waals surface area contributed by atoms with Crippen molar-refractivity contribution >= 4 is 16.8 Å². The van der Waals surface area contributed by atoms with Crippen molar-refractivity contribution in [2.24, 2.45) is 0 Å². The third-order valence-corrected chi connectivity index (χ3v) is 1.73. The van der Waals surface area contributed by atoms with E-state index < -0.39 is 17.0 Å². The fourth-order valence-electron chi connectivity index (χ4n) is 1.02. The van der Waals surface area contributed by atoms with Crippen LogP contribution in [0, 0.1) is 0 Å². The molecule has 14 heavy (non-hydrogen) atoms. The minimum Gasteiger partial charge on any atom is -0.281 e. The maximum absolute atomic E-state index is 12.2. The first-order chi connectivity index (χ1) is 6.39. The lowest BCUT2D eigenvalue weighted by Crippen LogP contribution is -2.05. The Morgan fingerprint density at radius 2 is 2.00 bits per heavy atom. The van der Waals surface area contributed by atoms with Crippen LogP contribution in [0.25, 0.3) is 0 Å². The average molecular weight is 223 g/mol. The molecule has 0 aliphatic carbocycles. The number of hydrogen-bond donors (Lipinski definition) is 0. The Balaban J connectivity index is 2.95. The van der Waals surface area contributed by atoms with Gasteiger partial charge in [-0.3, -0.25) is 4.79 Å². The number of carbonyl (C=O) groups is 1. The predicted octanol–water partition coefficient (Wildman–Crippen LogP) is 3.01. The fourth-order valence-corrected chi connectivity index (χ4v) is 1.17. The maximum atomic E-state index is 12.2. The van der Waals surface area contributed by atoms with E-state index in [1.807, 2.05) is 0 Å². The Morgan fingerprint density at radius 1 is 1.36 bits per heavy atom. The fraction of sp³-hybridized carbons (Fsp3) is 0.222. The van der Waals surface area contributed by atoms with Gasteiger partial charge in [0.2, 0.25) is 5.24 Å². The van der Waals surface area contributed by atoms with Crippen molar-refractivity contribution in [1.29, 1.82) is 0 Å². The van der Waals surface area contributed by atoms with Crippen LogP contribution >= 0.6 is 11.6 Å². The molecular formula is C9H6ClF3O. The van der Waals surface area contributed by atoms with Crippen molar-refractivity contribution in [1.82, 2.24) is 0 Å². The minimum absolute atomic E-state index is 0.189. The molecule has 0 unspecified atom stereocenters. The summed E-state index contributed by atoms with van der Waals surface area (Å²) in [5.74, 6) is 0. The Kier molecular flexibility index (Phi) is 3.16. The summed E-state index contributed by atoms with van der Waals surface area (Å²) >= 11 is 5.06. The predicted molar refractivity (Wildman–Crippen MR) is 46.0 cm³/mol. The van der Waals surface area contributed by atoms with Crippen LogP contribution in [0.3, 0.4) is 0 Å². The van der Waals surface area contributed by atoms with Crippen LogP contribution in [0.15, 0.2) is 24.3 Å². The summed E-state index contributed by atoms with van der Waals surface area (Å²) in [7, 11) is 0. The maximum Gasteiger partial charge on any atom is 0.416 e. The van der Waals surface area contributed by atoms with Crippen molar-refractivity contribution in [3.05, 3.63) is 35.4 Å². The molecule has 0 N–H and O–H groups in total. The van der Waals surface area contributed by atoms with Gasteiger partial charge in [-0.05, 0) is 23.2 Å². The van der Waals surface area contributed by atoms with E-state index in [1.165, 1.54) is 12.1 Å². The summed E-state index contributed by atoms with van der Waals surface area (Å²) in [6, 6.07) is 4.54. The molecule has 5 heteroatoms. The second-order valence-electron chi connectivity index (χ2n) is 2.73. The molecule has 0 aromatic heterocycles. The van der Waals surface area contributed by atoms with Crippen molar-refractivity contribution < 1.29 is 18.0 Å². The quantitative estimate of drug-likeness (QED) is 0.703. The van der Waals surface area contributed by atoms with E-state index in [4.69, 9.17) is 11.6 Å². The van der Waals surface area contributed by atoms with Crippen LogP contribution in [0.4, 0.5) is 13.2 Å². The standard InChI is InChI=1S/C9H6ClF3O/c10-8(14)5-6-2-1-3-7(4-6)9(11,12)13/h1-4H,5H2. The third kappa shape index (κ3) is 3.03. The molecule has 0 fully saturated rings. The van der Waals surface area contributed by atoms with Gasteiger partial charge in [0.1, 0.15) is 0 Å². The molecule has 0 bridgehead atoms. The highest BCUT2D eigenvalue weighted by atomic mass is 35.5. The van der Waals surface area contributed by atoms with E-state index in [0.29, 0.717) is 0 Å². The molecule has 1 nitrogen and oxygen atoms in total. The highest BCUT2D eigenvalue weighted by Gasteiger charge is 2.30. The van der Waals surface area contributed by atoms with Crippen molar-refractivity contribution in [3.63, 3.8) is 0 Å². The Morgan fingerprint density at radius 3 is 2.50 bits per heavy atom. The second-order valence-corrected chi connectivity index (χ2v) is 3.15. The molecule has 0 atom stereocenters. The van der Waals surface area contributed by atoms with Crippen molar-refractivity contribution in [2.45, 2.75) is 12.6 Å². The van der Waals surface area contributed by atoms with Gasteiger partial charge in [-0.2, -0.15) is 13.2 Å². The molecule has 1 rings (SSSR count). The summed E-state index contributed by atoms with van der Waals surface area (Å²) in [4.78, 5) is 10.5. The molecule has 0 amide bonds. The zero-order valence-corrected chi connectivity index (χ0v) is 7.69. The topological polar surface area (TPSA) is 17.1 Å². The van der Waals surface area contributed by atoms with Crippen LogP contribution in [0.1, 0.15) is 11.1 Å². The van der Waals surface area contributed by atoms with Crippen LogP contribution in [0.2, 0.25) is 0 Å². The van der Waals surface area contributed by atoms with E-state index in [0.717, 1.165) is 12.1 Å². The number of alkyl halides is 3. The molecule has 0 spiro atoms. The molecule has 0 aliphatic heterocycles. The van der Waals surface area contributed by atoms with Crippen LogP contribution < -0.4 is 0 Å². The highest BCUT2D eigenvalue weighted by Crippen LogP contribution is 2.29. The second kappa shape index (κ2) is 4.00.